The molecule has 0 radical (unpaired) electrons. The zero-order valence-electron chi connectivity index (χ0n) is 8.48. The van der Waals surface area contributed by atoms with Gasteiger partial charge < -0.3 is 10.6 Å². The van der Waals surface area contributed by atoms with E-state index in [4.69, 9.17) is 5.26 Å². The lowest BCUT2D eigenvalue weighted by Crippen LogP contribution is -2.41. The molecule has 13 heavy (non-hydrogen) atoms. The van der Waals surface area contributed by atoms with Crippen LogP contribution in [-0.4, -0.2) is 24.5 Å². The lowest BCUT2D eigenvalue weighted by atomic mass is 10.1. The highest BCUT2D eigenvalue weighted by molar-refractivity contribution is 5.76. The van der Waals surface area contributed by atoms with Gasteiger partial charge in [-0.15, -0.1) is 0 Å². The summed E-state index contributed by atoms with van der Waals surface area (Å²) in [5.41, 5.74) is -0.174. The summed E-state index contributed by atoms with van der Waals surface area (Å²) < 4.78 is 0. The Morgan fingerprint density at radius 1 is 1.46 bits per heavy atom. The Morgan fingerprint density at radius 2 is 2.08 bits per heavy atom. The second-order valence-corrected chi connectivity index (χ2v) is 3.88. The molecule has 1 amide bonds. The minimum atomic E-state index is -0.174. The van der Waals surface area contributed by atoms with E-state index in [0.29, 0.717) is 19.5 Å². The fourth-order valence-corrected chi connectivity index (χ4v) is 0.827. The Morgan fingerprint density at radius 3 is 2.54 bits per heavy atom. The first-order valence-corrected chi connectivity index (χ1v) is 4.34. The number of rotatable bonds is 4. The van der Waals surface area contributed by atoms with E-state index >= 15 is 0 Å². The fraction of sp³-hybridized carbons (Fsp3) is 0.778. The highest BCUT2D eigenvalue weighted by Crippen LogP contribution is 1.98. The van der Waals surface area contributed by atoms with Crippen molar-refractivity contribution in [2.24, 2.45) is 0 Å². The Balaban J connectivity index is 3.48. The van der Waals surface area contributed by atoms with Gasteiger partial charge in [-0.2, -0.15) is 5.26 Å². The summed E-state index contributed by atoms with van der Waals surface area (Å²) in [4.78, 5) is 11.2. The van der Waals surface area contributed by atoms with Gasteiger partial charge in [0.2, 0.25) is 5.91 Å². The summed E-state index contributed by atoms with van der Waals surface area (Å²) in [7, 11) is 0. The highest BCUT2D eigenvalue weighted by atomic mass is 16.1. The second-order valence-electron chi connectivity index (χ2n) is 3.88. The lowest BCUT2D eigenvalue weighted by molar-refractivity contribution is -0.122. The Kier molecular flexibility index (Phi) is 5.09. The van der Waals surface area contributed by atoms with Crippen LogP contribution in [0.3, 0.4) is 0 Å². The molecule has 0 aliphatic heterocycles. The van der Waals surface area contributed by atoms with Gasteiger partial charge in [0.1, 0.15) is 0 Å². The summed E-state index contributed by atoms with van der Waals surface area (Å²) in [6, 6.07) is 1.95. The quantitative estimate of drug-likeness (QED) is 0.490. The normalized spacial score (nSPS) is 10.6. The van der Waals surface area contributed by atoms with Gasteiger partial charge in [-0.05, 0) is 20.8 Å². The number of carbonyl (C=O) groups is 1. The molecule has 0 fully saturated rings. The molecule has 0 saturated carbocycles. The molecule has 0 rings (SSSR count). The van der Waals surface area contributed by atoms with E-state index in [9.17, 15) is 4.79 Å². The first kappa shape index (κ1) is 11.9. The topological polar surface area (TPSA) is 64.9 Å². The maximum absolute atomic E-state index is 11.2. The van der Waals surface area contributed by atoms with E-state index in [0.717, 1.165) is 0 Å². The van der Waals surface area contributed by atoms with Crippen LogP contribution in [0.1, 0.15) is 27.2 Å². The summed E-state index contributed by atoms with van der Waals surface area (Å²) in [6.45, 7) is 6.66. The molecule has 0 heterocycles. The van der Waals surface area contributed by atoms with Crippen molar-refractivity contribution in [3.8, 4) is 6.07 Å². The van der Waals surface area contributed by atoms with E-state index < -0.39 is 0 Å². The van der Waals surface area contributed by atoms with Crippen LogP contribution in [-0.2, 0) is 4.79 Å². The van der Waals surface area contributed by atoms with E-state index in [1.807, 2.05) is 26.8 Å². The number of carbonyl (C=O) groups excluding carboxylic acids is 1. The predicted molar refractivity (Wildman–Crippen MR) is 51.0 cm³/mol. The molecular formula is C9H17N3O. The molecule has 0 bridgehead atoms. The number of nitriles is 1. The number of amides is 1. The van der Waals surface area contributed by atoms with Crippen LogP contribution in [0, 0.1) is 11.3 Å². The molecule has 74 valence electrons. The average molecular weight is 183 g/mol. The van der Waals surface area contributed by atoms with Crippen molar-refractivity contribution < 1.29 is 4.79 Å². The minimum absolute atomic E-state index is 0.0120. The van der Waals surface area contributed by atoms with Gasteiger partial charge in [0, 0.05) is 18.5 Å². The third-order valence-electron chi connectivity index (χ3n) is 1.25. The van der Waals surface area contributed by atoms with Crippen LogP contribution >= 0.6 is 0 Å². The van der Waals surface area contributed by atoms with Crippen LogP contribution < -0.4 is 10.6 Å². The van der Waals surface area contributed by atoms with Gasteiger partial charge in [0.15, 0.2) is 0 Å². The second kappa shape index (κ2) is 5.55. The average Bonchev–Trinajstić information content (AvgIpc) is 1.94. The third-order valence-corrected chi connectivity index (χ3v) is 1.25. The van der Waals surface area contributed by atoms with Gasteiger partial charge in [-0.25, -0.2) is 0 Å². The summed E-state index contributed by atoms with van der Waals surface area (Å²) >= 11 is 0. The third kappa shape index (κ3) is 8.83. The molecule has 4 nitrogen and oxygen atoms in total. The number of nitrogens with zero attached hydrogens (tertiary/aromatic N) is 1. The SMILES string of the molecule is CC(C)(C)NC(=O)CCNCC#N. The van der Waals surface area contributed by atoms with Crippen LogP contribution in [0.15, 0.2) is 0 Å². The number of hydrogen-bond acceptors (Lipinski definition) is 3. The zero-order chi connectivity index (χ0) is 10.3. The summed E-state index contributed by atoms with van der Waals surface area (Å²) in [5, 5.41) is 13.9. The van der Waals surface area contributed by atoms with Gasteiger partial charge in [0.25, 0.3) is 0 Å². The molecule has 0 aromatic carbocycles. The molecule has 0 aliphatic carbocycles. The lowest BCUT2D eigenvalue weighted by Gasteiger charge is -2.20. The van der Waals surface area contributed by atoms with E-state index in [2.05, 4.69) is 10.6 Å². The maximum atomic E-state index is 11.2. The molecule has 0 aliphatic rings. The van der Waals surface area contributed by atoms with Crippen molar-refractivity contribution in [1.29, 1.82) is 5.26 Å². The Hall–Kier alpha value is -1.08. The van der Waals surface area contributed by atoms with Gasteiger partial charge >= 0.3 is 0 Å². The molecule has 0 atom stereocenters. The fourth-order valence-electron chi connectivity index (χ4n) is 0.827. The summed E-state index contributed by atoms with van der Waals surface area (Å²) in [5.74, 6) is 0.0120. The standard InChI is InChI=1S/C9H17N3O/c1-9(2,3)12-8(13)4-6-11-7-5-10/h11H,4,6-7H2,1-3H3,(H,12,13). The van der Waals surface area contributed by atoms with Gasteiger partial charge in [-0.1, -0.05) is 0 Å². The van der Waals surface area contributed by atoms with Crippen LogP contribution in [0.25, 0.3) is 0 Å². The van der Waals surface area contributed by atoms with Crippen LogP contribution in [0.5, 0.6) is 0 Å². The first-order valence-electron chi connectivity index (χ1n) is 4.34. The molecular weight excluding hydrogens is 166 g/mol. The summed E-state index contributed by atoms with van der Waals surface area (Å²) in [6.07, 6.45) is 0.416. The van der Waals surface area contributed by atoms with Crippen LogP contribution in [0.4, 0.5) is 0 Å². The molecule has 0 aromatic heterocycles. The largest absolute Gasteiger partial charge is 0.351 e. The van der Waals surface area contributed by atoms with Crippen molar-refractivity contribution in [1.82, 2.24) is 10.6 Å². The van der Waals surface area contributed by atoms with E-state index in [-0.39, 0.29) is 11.4 Å². The van der Waals surface area contributed by atoms with Crippen LogP contribution in [0.2, 0.25) is 0 Å². The molecule has 0 unspecified atom stereocenters. The minimum Gasteiger partial charge on any atom is -0.351 e. The molecule has 0 saturated heterocycles. The number of nitrogens with one attached hydrogen (secondary N) is 2. The first-order chi connectivity index (χ1) is 5.95. The monoisotopic (exact) mass is 183 g/mol. The Bertz CT molecular complexity index is 200. The van der Waals surface area contributed by atoms with Crippen molar-refractivity contribution in [2.75, 3.05) is 13.1 Å². The van der Waals surface area contributed by atoms with Gasteiger partial charge in [0.05, 0.1) is 12.6 Å². The highest BCUT2D eigenvalue weighted by Gasteiger charge is 2.12. The molecule has 0 aromatic rings. The van der Waals surface area contributed by atoms with Crippen molar-refractivity contribution in [3.05, 3.63) is 0 Å². The maximum Gasteiger partial charge on any atom is 0.221 e. The Labute approximate surface area is 79.3 Å². The van der Waals surface area contributed by atoms with Crippen molar-refractivity contribution >= 4 is 5.91 Å². The van der Waals surface area contributed by atoms with Crippen molar-refractivity contribution in [3.63, 3.8) is 0 Å². The predicted octanol–water partition coefficient (Wildman–Crippen LogP) is 0.404. The molecule has 4 heteroatoms. The number of hydrogen-bond donors (Lipinski definition) is 2. The zero-order valence-corrected chi connectivity index (χ0v) is 8.48. The van der Waals surface area contributed by atoms with E-state index in [1.54, 1.807) is 0 Å². The van der Waals surface area contributed by atoms with Gasteiger partial charge in [-0.3, -0.25) is 4.79 Å². The van der Waals surface area contributed by atoms with E-state index in [1.165, 1.54) is 0 Å². The smallest absolute Gasteiger partial charge is 0.221 e. The molecule has 2 N–H and O–H groups in total. The van der Waals surface area contributed by atoms with Crippen molar-refractivity contribution in [2.45, 2.75) is 32.7 Å². The molecule has 0 spiro atoms.